The molecule has 3 rings (SSSR count). The van der Waals surface area contributed by atoms with Crippen molar-refractivity contribution >= 4 is 23.2 Å². The number of ether oxygens (including phenoxy) is 1. The predicted octanol–water partition coefficient (Wildman–Crippen LogP) is 4.79. The van der Waals surface area contributed by atoms with E-state index < -0.39 is 0 Å². The predicted molar refractivity (Wildman–Crippen MR) is 128 cm³/mol. The van der Waals surface area contributed by atoms with E-state index in [1.54, 1.807) is 30.3 Å². The van der Waals surface area contributed by atoms with Gasteiger partial charge in [-0.1, -0.05) is 49.1 Å². The molecule has 0 bridgehead atoms. The van der Waals surface area contributed by atoms with Gasteiger partial charge in [0.15, 0.2) is 0 Å². The van der Waals surface area contributed by atoms with Crippen molar-refractivity contribution in [2.75, 3.05) is 23.8 Å². The first kappa shape index (κ1) is 22.6. The molecule has 0 heterocycles. The van der Waals surface area contributed by atoms with Crippen LogP contribution in [0.4, 0.5) is 11.4 Å². The van der Waals surface area contributed by atoms with E-state index in [4.69, 9.17) is 4.74 Å². The summed E-state index contributed by atoms with van der Waals surface area (Å²) in [5.74, 6) is 0.336. The maximum Gasteiger partial charge on any atom is 0.251 e. The Labute approximate surface area is 188 Å². The zero-order chi connectivity index (χ0) is 22.8. The highest BCUT2D eigenvalue weighted by Crippen LogP contribution is 2.17. The summed E-state index contributed by atoms with van der Waals surface area (Å²) in [7, 11) is 0. The largest absolute Gasteiger partial charge is 0.489 e. The molecule has 6 heteroatoms. The molecule has 0 aliphatic carbocycles. The third kappa shape index (κ3) is 6.74. The van der Waals surface area contributed by atoms with Crippen LogP contribution in [0.15, 0.2) is 91.5 Å². The van der Waals surface area contributed by atoms with E-state index in [-0.39, 0.29) is 24.4 Å². The average Bonchev–Trinajstić information content (AvgIpc) is 2.82. The molecule has 1 atom stereocenters. The second-order valence-electron chi connectivity index (χ2n) is 7.21. The molecule has 3 aromatic rings. The average molecular weight is 430 g/mol. The third-order valence-electron chi connectivity index (χ3n) is 4.73. The zero-order valence-electron chi connectivity index (χ0n) is 18.0. The van der Waals surface area contributed by atoms with Crippen LogP contribution >= 0.6 is 0 Å². The smallest absolute Gasteiger partial charge is 0.251 e. The molecule has 32 heavy (non-hydrogen) atoms. The van der Waals surface area contributed by atoms with Gasteiger partial charge in [0.25, 0.3) is 5.91 Å². The van der Waals surface area contributed by atoms with Crippen molar-refractivity contribution in [2.45, 2.75) is 13.0 Å². The normalized spacial score (nSPS) is 11.2. The summed E-state index contributed by atoms with van der Waals surface area (Å²) in [4.78, 5) is 24.8. The fourth-order valence-electron chi connectivity index (χ4n) is 3.05. The highest BCUT2D eigenvalue weighted by atomic mass is 16.5. The van der Waals surface area contributed by atoms with E-state index in [2.05, 4.69) is 22.5 Å². The van der Waals surface area contributed by atoms with Gasteiger partial charge in [0.1, 0.15) is 12.4 Å². The summed E-state index contributed by atoms with van der Waals surface area (Å²) in [6.07, 6.45) is 1.67. The molecule has 0 aliphatic heterocycles. The van der Waals surface area contributed by atoms with Crippen LogP contribution < -0.4 is 20.7 Å². The molecule has 0 aliphatic rings. The molecule has 3 aromatic carbocycles. The Morgan fingerprint density at radius 1 is 0.969 bits per heavy atom. The maximum atomic E-state index is 12.5. The van der Waals surface area contributed by atoms with Gasteiger partial charge in [0, 0.05) is 23.0 Å². The lowest BCUT2D eigenvalue weighted by molar-refractivity contribution is -0.114. The highest BCUT2D eigenvalue weighted by molar-refractivity contribution is 5.96. The lowest BCUT2D eigenvalue weighted by atomic mass is 10.1. The Hall–Kier alpha value is -4.06. The van der Waals surface area contributed by atoms with Gasteiger partial charge in [0.2, 0.25) is 5.91 Å². The molecule has 0 aromatic heterocycles. The van der Waals surface area contributed by atoms with Crippen molar-refractivity contribution in [3.05, 3.63) is 103 Å². The Morgan fingerprint density at radius 2 is 1.72 bits per heavy atom. The number of carbonyl (C=O) groups excluding carboxylic acids is 2. The first-order valence-electron chi connectivity index (χ1n) is 10.4. The van der Waals surface area contributed by atoms with E-state index in [0.717, 1.165) is 11.3 Å². The van der Waals surface area contributed by atoms with Crippen molar-refractivity contribution < 1.29 is 14.3 Å². The Kier molecular flexibility index (Phi) is 8.03. The maximum absolute atomic E-state index is 12.5. The number of benzene rings is 3. The van der Waals surface area contributed by atoms with Crippen LogP contribution in [0.2, 0.25) is 0 Å². The number of anilines is 2. The summed E-state index contributed by atoms with van der Waals surface area (Å²) < 4.78 is 5.49. The van der Waals surface area contributed by atoms with Crippen molar-refractivity contribution in [1.82, 2.24) is 5.32 Å². The quantitative estimate of drug-likeness (QED) is 0.405. The SMILES string of the molecule is C=CCOc1cccc(NCC(=O)Nc2ccc(C(=O)NC(C)c3ccccc3)cc2)c1. The number of hydrogen-bond donors (Lipinski definition) is 3. The number of rotatable bonds is 10. The van der Waals surface area contributed by atoms with Crippen LogP contribution in [-0.2, 0) is 4.79 Å². The Morgan fingerprint density at radius 3 is 2.44 bits per heavy atom. The van der Waals surface area contributed by atoms with Gasteiger partial charge in [-0.15, -0.1) is 0 Å². The second kappa shape index (κ2) is 11.4. The van der Waals surface area contributed by atoms with Crippen molar-refractivity contribution in [2.24, 2.45) is 0 Å². The summed E-state index contributed by atoms with van der Waals surface area (Å²) in [5.41, 5.74) is 2.96. The molecule has 0 spiro atoms. The van der Waals surface area contributed by atoms with E-state index in [1.807, 2.05) is 61.5 Å². The Bertz CT molecular complexity index is 1050. The van der Waals surface area contributed by atoms with Gasteiger partial charge in [-0.25, -0.2) is 0 Å². The highest BCUT2D eigenvalue weighted by Gasteiger charge is 2.11. The molecule has 0 fully saturated rings. The van der Waals surface area contributed by atoms with Gasteiger partial charge in [-0.2, -0.15) is 0 Å². The molecule has 0 saturated carbocycles. The number of amides is 2. The number of hydrogen-bond acceptors (Lipinski definition) is 4. The van der Waals surface area contributed by atoms with E-state index in [1.165, 1.54) is 0 Å². The van der Waals surface area contributed by atoms with Crippen LogP contribution in [0.25, 0.3) is 0 Å². The van der Waals surface area contributed by atoms with E-state index in [0.29, 0.717) is 23.6 Å². The molecule has 164 valence electrons. The summed E-state index contributed by atoms with van der Waals surface area (Å²) in [6.45, 7) is 6.08. The van der Waals surface area contributed by atoms with Crippen LogP contribution in [-0.4, -0.2) is 25.0 Å². The molecule has 2 amide bonds. The van der Waals surface area contributed by atoms with Gasteiger partial charge in [-0.05, 0) is 48.9 Å². The van der Waals surface area contributed by atoms with Crippen LogP contribution in [0.3, 0.4) is 0 Å². The van der Waals surface area contributed by atoms with Gasteiger partial charge >= 0.3 is 0 Å². The van der Waals surface area contributed by atoms with E-state index in [9.17, 15) is 9.59 Å². The summed E-state index contributed by atoms with van der Waals surface area (Å²) in [5, 5.41) is 8.86. The second-order valence-corrected chi connectivity index (χ2v) is 7.21. The van der Waals surface area contributed by atoms with Gasteiger partial charge < -0.3 is 20.7 Å². The lowest BCUT2D eigenvalue weighted by Crippen LogP contribution is -2.26. The number of carbonyl (C=O) groups is 2. The standard InChI is InChI=1S/C26H27N3O3/c1-3-16-32-24-11-7-10-23(17-24)27-18-25(30)29-22-14-12-21(13-15-22)26(31)28-19(2)20-8-5-4-6-9-20/h3-15,17,19,27H,1,16,18H2,2H3,(H,28,31)(H,29,30). The third-order valence-corrected chi connectivity index (χ3v) is 4.73. The fourth-order valence-corrected chi connectivity index (χ4v) is 3.05. The minimum absolute atomic E-state index is 0.0989. The molecule has 6 nitrogen and oxygen atoms in total. The molecule has 1 unspecified atom stereocenters. The minimum Gasteiger partial charge on any atom is -0.489 e. The minimum atomic E-state index is -0.197. The number of nitrogens with one attached hydrogen (secondary N) is 3. The summed E-state index contributed by atoms with van der Waals surface area (Å²) in [6, 6.07) is 23.8. The van der Waals surface area contributed by atoms with Crippen LogP contribution in [0.1, 0.15) is 28.9 Å². The molecular formula is C26H27N3O3. The van der Waals surface area contributed by atoms with Crippen LogP contribution in [0.5, 0.6) is 5.75 Å². The lowest BCUT2D eigenvalue weighted by Gasteiger charge is -2.14. The monoisotopic (exact) mass is 429 g/mol. The van der Waals surface area contributed by atoms with Crippen molar-refractivity contribution in [1.29, 1.82) is 0 Å². The van der Waals surface area contributed by atoms with Gasteiger partial charge in [0.05, 0.1) is 12.6 Å². The Balaban J connectivity index is 1.49. The first-order chi connectivity index (χ1) is 15.5. The van der Waals surface area contributed by atoms with Crippen LogP contribution in [0, 0.1) is 0 Å². The van der Waals surface area contributed by atoms with E-state index >= 15 is 0 Å². The van der Waals surface area contributed by atoms with Crippen molar-refractivity contribution in [3.8, 4) is 5.75 Å². The summed E-state index contributed by atoms with van der Waals surface area (Å²) >= 11 is 0. The zero-order valence-corrected chi connectivity index (χ0v) is 18.0. The molecular weight excluding hydrogens is 402 g/mol. The van der Waals surface area contributed by atoms with Crippen molar-refractivity contribution in [3.63, 3.8) is 0 Å². The molecule has 3 N–H and O–H groups in total. The molecule has 0 radical (unpaired) electrons. The fraction of sp³-hybridized carbons (Fsp3) is 0.154. The molecule has 0 saturated heterocycles. The van der Waals surface area contributed by atoms with Gasteiger partial charge in [-0.3, -0.25) is 9.59 Å². The topological polar surface area (TPSA) is 79.5 Å². The first-order valence-corrected chi connectivity index (χ1v) is 10.4.